The van der Waals surface area contributed by atoms with Gasteiger partial charge in [0.1, 0.15) is 12.4 Å². The van der Waals surface area contributed by atoms with Crippen molar-refractivity contribution in [3.63, 3.8) is 0 Å². The van der Waals surface area contributed by atoms with E-state index in [9.17, 15) is 0 Å². The van der Waals surface area contributed by atoms with E-state index in [1.165, 1.54) is 5.56 Å². The van der Waals surface area contributed by atoms with Gasteiger partial charge in [-0.15, -0.1) is 24.0 Å². The minimum atomic E-state index is 0. The molecule has 0 aliphatic rings. The highest BCUT2D eigenvalue weighted by atomic mass is 127. The van der Waals surface area contributed by atoms with Crippen molar-refractivity contribution in [3.8, 4) is 5.75 Å². The second-order valence-electron chi connectivity index (χ2n) is 6.12. The van der Waals surface area contributed by atoms with Crippen molar-refractivity contribution in [2.45, 2.75) is 13.0 Å². The summed E-state index contributed by atoms with van der Waals surface area (Å²) in [7, 11) is 4.06. The number of nitrogens with one attached hydrogen (secondary N) is 1. The van der Waals surface area contributed by atoms with Crippen molar-refractivity contribution in [3.05, 3.63) is 65.7 Å². The number of nitrogens with two attached hydrogens (primary N) is 1. The van der Waals surface area contributed by atoms with Crippen LogP contribution in [0.4, 0.5) is 0 Å². The maximum atomic E-state index is 5.97. The van der Waals surface area contributed by atoms with Gasteiger partial charge in [0.2, 0.25) is 0 Å². The van der Waals surface area contributed by atoms with Gasteiger partial charge in [-0.05, 0) is 32.1 Å². The molecule has 0 unspecified atom stereocenters. The molecular weight excluding hydrogens is 439 g/mol. The SMILES string of the molecule is CN(C)CCOc1ccccc1CN=C(N)NCCc1ccccc1.I. The van der Waals surface area contributed by atoms with E-state index in [0.29, 0.717) is 19.1 Å². The third kappa shape index (κ3) is 8.53. The zero-order valence-electron chi connectivity index (χ0n) is 15.5. The zero-order valence-corrected chi connectivity index (χ0v) is 17.9. The van der Waals surface area contributed by atoms with Gasteiger partial charge in [-0.3, -0.25) is 0 Å². The van der Waals surface area contributed by atoms with Crippen molar-refractivity contribution >= 4 is 29.9 Å². The average Bonchev–Trinajstić information content (AvgIpc) is 2.61. The Kier molecular flexibility index (Phi) is 10.7. The van der Waals surface area contributed by atoms with Crippen molar-refractivity contribution in [2.75, 3.05) is 33.8 Å². The minimum absolute atomic E-state index is 0. The number of rotatable bonds is 9. The first kappa shape index (κ1) is 22.2. The highest BCUT2D eigenvalue weighted by molar-refractivity contribution is 14.0. The largest absolute Gasteiger partial charge is 0.492 e. The Morgan fingerprint density at radius 1 is 1.08 bits per heavy atom. The summed E-state index contributed by atoms with van der Waals surface area (Å²) in [6, 6.07) is 18.3. The lowest BCUT2D eigenvalue weighted by Gasteiger charge is -2.13. The van der Waals surface area contributed by atoms with Crippen LogP contribution in [0, 0.1) is 0 Å². The Morgan fingerprint density at radius 2 is 1.77 bits per heavy atom. The first-order chi connectivity index (χ1) is 12.1. The molecule has 0 heterocycles. The van der Waals surface area contributed by atoms with Crippen LogP contribution in [0.25, 0.3) is 0 Å². The molecule has 0 saturated heterocycles. The number of aliphatic imine (C=N–C) groups is 1. The van der Waals surface area contributed by atoms with E-state index in [0.717, 1.165) is 30.8 Å². The first-order valence-electron chi connectivity index (χ1n) is 8.58. The summed E-state index contributed by atoms with van der Waals surface area (Å²) in [5.74, 6) is 1.32. The van der Waals surface area contributed by atoms with Gasteiger partial charge >= 0.3 is 0 Å². The van der Waals surface area contributed by atoms with E-state index < -0.39 is 0 Å². The number of guanidine groups is 1. The fourth-order valence-corrected chi connectivity index (χ4v) is 2.32. The second-order valence-corrected chi connectivity index (χ2v) is 6.12. The van der Waals surface area contributed by atoms with Crippen molar-refractivity contribution in [2.24, 2.45) is 10.7 Å². The highest BCUT2D eigenvalue weighted by Crippen LogP contribution is 2.18. The van der Waals surface area contributed by atoms with E-state index in [1.54, 1.807) is 0 Å². The average molecular weight is 468 g/mol. The van der Waals surface area contributed by atoms with Crippen LogP contribution in [0.5, 0.6) is 5.75 Å². The Morgan fingerprint density at radius 3 is 2.50 bits per heavy atom. The monoisotopic (exact) mass is 468 g/mol. The summed E-state index contributed by atoms with van der Waals surface area (Å²) in [5, 5.41) is 3.16. The third-order valence-electron chi connectivity index (χ3n) is 3.75. The molecule has 0 atom stereocenters. The van der Waals surface area contributed by atoms with E-state index in [-0.39, 0.29) is 24.0 Å². The van der Waals surface area contributed by atoms with E-state index >= 15 is 0 Å². The lowest BCUT2D eigenvalue weighted by Crippen LogP contribution is -2.33. The second kappa shape index (κ2) is 12.5. The van der Waals surface area contributed by atoms with Crippen molar-refractivity contribution in [1.29, 1.82) is 0 Å². The number of ether oxygens (including phenoxy) is 1. The Balaban J connectivity index is 0.00000338. The summed E-state index contributed by atoms with van der Waals surface area (Å²) in [5.41, 5.74) is 8.28. The molecule has 26 heavy (non-hydrogen) atoms. The Hall–Kier alpha value is -1.80. The maximum absolute atomic E-state index is 5.97. The number of para-hydroxylation sites is 1. The van der Waals surface area contributed by atoms with E-state index in [4.69, 9.17) is 10.5 Å². The van der Waals surface area contributed by atoms with Crippen molar-refractivity contribution < 1.29 is 4.74 Å². The van der Waals surface area contributed by atoms with Gasteiger partial charge in [0.15, 0.2) is 5.96 Å². The zero-order chi connectivity index (χ0) is 17.9. The summed E-state index contributed by atoms with van der Waals surface area (Å²) >= 11 is 0. The molecule has 0 fully saturated rings. The van der Waals surface area contributed by atoms with E-state index in [1.807, 2.05) is 56.6 Å². The molecule has 0 amide bonds. The van der Waals surface area contributed by atoms with Gasteiger partial charge in [0.25, 0.3) is 0 Å². The molecule has 2 aromatic carbocycles. The topological polar surface area (TPSA) is 62.9 Å². The molecular formula is C20H29IN4O. The van der Waals surface area contributed by atoms with Gasteiger partial charge in [0, 0.05) is 18.7 Å². The maximum Gasteiger partial charge on any atom is 0.188 e. The molecule has 0 radical (unpaired) electrons. The molecule has 0 spiro atoms. The number of hydrogen-bond donors (Lipinski definition) is 2. The molecule has 0 saturated carbocycles. The lowest BCUT2D eigenvalue weighted by atomic mass is 10.1. The van der Waals surface area contributed by atoms with Gasteiger partial charge in [0.05, 0.1) is 6.54 Å². The van der Waals surface area contributed by atoms with Gasteiger partial charge in [-0.2, -0.15) is 0 Å². The number of halogens is 1. The normalized spacial score (nSPS) is 11.1. The Bertz CT molecular complexity index is 662. The number of nitrogens with zero attached hydrogens (tertiary/aromatic N) is 2. The van der Waals surface area contributed by atoms with Gasteiger partial charge in [-0.25, -0.2) is 4.99 Å². The summed E-state index contributed by atoms with van der Waals surface area (Å²) in [4.78, 5) is 6.52. The number of hydrogen-bond acceptors (Lipinski definition) is 3. The van der Waals surface area contributed by atoms with Crippen molar-refractivity contribution in [1.82, 2.24) is 10.2 Å². The number of likely N-dealkylation sites (N-methyl/N-ethyl adjacent to an activating group) is 1. The van der Waals surface area contributed by atoms with Crippen LogP contribution in [0.3, 0.4) is 0 Å². The molecule has 0 bridgehead atoms. The van der Waals surface area contributed by atoms with Crippen LogP contribution in [0.2, 0.25) is 0 Å². The highest BCUT2D eigenvalue weighted by Gasteiger charge is 2.03. The van der Waals surface area contributed by atoms with E-state index in [2.05, 4.69) is 27.3 Å². The number of benzene rings is 2. The van der Waals surface area contributed by atoms with Gasteiger partial charge < -0.3 is 20.7 Å². The quantitative estimate of drug-likeness (QED) is 0.338. The molecule has 2 aromatic rings. The molecule has 0 aliphatic heterocycles. The molecule has 2 rings (SSSR count). The molecule has 5 nitrogen and oxygen atoms in total. The summed E-state index contributed by atoms with van der Waals surface area (Å²) in [6.45, 7) is 2.79. The Labute approximate surface area is 173 Å². The van der Waals surface area contributed by atoms with Crippen LogP contribution in [0.1, 0.15) is 11.1 Å². The molecule has 6 heteroatoms. The predicted octanol–water partition coefficient (Wildman–Crippen LogP) is 2.89. The molecule has 3 N–H and O–H groups in total. The first-order valence-corrected chi connectivity index (χ1v) is 8.58. The molecule has 0 aromatic heterocycles. The molecule has 0 aliphatic carbocycles. The molecule has 142 valence electrons. The lowest BCUT2D eigenvalue weighted by molar-refractivity contribution is 0.259. The standard InChI is InChI=1S/C20H28N4O.HI/c1-24(2)14-15-25-19-11-7-6-10-18(19)16-23-20(21)22-13-12-17-8-4-3-5-9-17;/h3-11H,12-16H2,1-2H3,(H3,21,22,23);1H. The van der Waals surface area contributed by atoms with Gasteiger partial charge in [-0.1, -0.05) is 48.5 Å². The van der Waals surface area contributed by atoms with Crippen LogP contribution < -0.4 is 15.8 Å². The fourth-order valence-electron chi connectivity index (χ4n) is 2.32. The fraction of sp³-hybridized carbons (Fsp3) is 0.350. The summed E-state index contributed by atoms with van der Waals surface area (Å²) < 4.78 is 5.85. The summed E-state index contributed by atoms with van der Waals surface area (Å²) in [6.07, 6.45) is 0.918. The predicted molar refractivity (Wildman–Crippen MR) is 119 cm³/mol. The van der Waals surface area contributed by atoms with Crippen LogP contribution in [-0.4, -0.2) is 44.7 Å². The van der Waals surface area contributed by atoms with Crippen LogP contribution in [0.15, 0.2) is 59.6 Å². The smallest absolute Gasteiger partial charge is 0.188 e. The van der Waals surface area contributed by atoms with Crippen LogP contribution in [-0.2, 0) is 13.0 Å². The van der Waals surface area contributed by atoms with Crippen LogP contribution >= 0.6 is 24.0 Å². The third-order valence-corrected chi connectivity index (χ3v) is 3.75. The minimum Gasteiger partial charge on any atom is -0.492 e.